The predicted octanol–water partition coefficient (Wildman–Crippen LogP) is 2.26. The highest BCUT2D eigenvalue weighted by Gasteiger charge is 1.99. The molecule has 0 bridgehead atoms. The molecule has 0 saturated carbocycles. The van der Waals surface area contributed by atoms with E-state index in [2.05, 4.69) is 38.8 Å². The lowest BCUT2D eigenvalue weighted by molar-refractivity contribution is 0.294. The maximum absolute atomic E-state index is 5.64. The standard InChI is InChI=1S/C9H22N2.C2H4/c1-4-11(5-2)8-6-7-9(3)10;1-2/h9H,4-8,10H2,1-3H3;1-2H2. The van der Waals surface area contributed by atoms with Crippen LogP contribution in [0.4, 0.5) is 0 Å². The molecule has 0 amide bonds. The van der Waals surface area contributed by atoms with E-state index in [1.54, 1.807) is 0 Å². The Balaban J connectivity index is 0. The van der Waals surface area contributed by atoms with Gasteiger partial charge in [0.05, 0.1) is 0 Å². The molecule has 0 aliphatic rings. The van der Waals surface area contributed by atoms with Crippen molar-refractivity contribution in [3.05, 3.63) is 13.2 Å². The van der Waals surface area contributed by atoms with E-state index in [1.807, 2.05) is 0 Å². The van der Waals surface area contributed by atoms with Gasteiger partial charge < -0.3 is 10.6 Å². The second-order valence-corrected chi connectivity index (χ2v) is 3.15. The van der Waals surface area contributed by atoms with Gasteiger partial charge in [-0.25, -0.2) is 0 Å². The molecule has 0 aliphatic heterocycles. The van der Waals surface area contributed by atoms with Gasteiger partial charge in [-0.2, -0.15) is 0 Å². The second kappa shape index (κ2) is 11.7. The monoisotopic (exact) mass is 186 g/mol. The molecule has 0 saturated heterocycles. The van der Waals surface area contributed by atoms with Crippen LogP contribution in [0.2, 0.25) is 0 Å². The van der Waals surface area contributed by atoms with Crippen molar-refractivity contribution in [3.8, 4) is 0 Å². The Morgan fingerprint density at radius 1 is 1.23 bits per heavy atom. The minimum Gasteiger partial charge on any atom is -0.328 e. The molecule has 13 heavy (non-hydrogen) atoms. The summed E-state index contributed by atoms with van der Waals surface area (Å²) in [6.07, 6.45) is 2.38. The third-order valence-electron chi connectivity index (χ3n) is 2.03. The highest BCUT2D eigenvalue weighted by atomic mass is 15.1. The molecule has 2 heteroatoms. The molecule has 0 aliphatic carbocycles. The summed E-state index contributed by atoms with van der Waals surface area (Å²) >= 11 is 0. The zero-order chi connectivity index (χ0) is 10.7. The normalized spacial score (nSPS) is 12.1. The Kier molecular flexibility index (Phi) is 13.6. The lowest BCUT2D eigenvalue weighted by Crippen LogP contribution is -2.25. The lowest BCUT2D eigenvalue weighted by atomic mass is 10.2. The second-order valence-electron chi connectivity index (χ2n) is 3.15. The summed E-state index contributed by atoms with van der Waals surface area (Å²) in [4.78, 5) is 2.43. The lowest BCUT2D eigenvalue weighted by Gasteiger charge is -2.17. The third-order valence-corrected chi connectivity index (χ3v) is 2.03. The molecule has 0 fully saturated rings. The van der Waals surface area contributed by atoms with Crippen LogP contribution in [0, 0.1) is 0 Å². The fourth-order valence-corrected chi connectivity index (χ4v) is 1.18. The van der Waals surface area contributed by atoms with Gasteiger partial charge in [0.2, 0.25) is 0 Å². The van der Waals surface area contributed by atoms with Crippen molar-refractivity contribution in [2.45, 2.75) is 39.7 Å². The summed E-state index contributed by atoms with van der Waals surface area (Å²) in [6.45, 7) is 16.0. The summed E-state index contributed by atoms with van der Waals surface area (Å²) < 4.78 is 0. The predicted molar refractivity (Wildman–Crippen MR) is 61.9 cm³/mol. The maximum atomic E-state index is 5.64. The number of nitrogens with two attached hydrogens (primary N) is 1. The Bertz CT molecular complexity index is 88.1. The molecular weight excluding hydrogens is 160 g/mol. The van der Waals surface area contributed by atoms with Crippen LogP contribution in [0.25, 0.3) is 0 Å². The summed E-state index contributed by atoms with van der Waals surface area (Å²) in [5.41, 5.74) is 5.64. The Morgan fingerprint density at radius 2 is 1.69 bits per heavy atom. The number of rotatable bonds is 6. The fraction of sp³-hybridized carbons (Fsp3) is 0.818. The largest absolute Gasteiger partial charge is 0.328 e. The van der Waals surface area contributed by atoms with Crippen LogP contribution in [0.5, 0.6) is 0 Å². The minimum absolute atomic E-state index is 0.366. The van der Waals surface area contributed by atoms with Gasteiger partial charge in [-0.1, -0.05) is 13.8 Å². The highest BCUT2D eigenvalue weighted by Crippen LogP contribution is 1.96. The number of nitrogens with zero attached hydrogens (tertiary/aromatic N) is 1. The van der Waals surface area contributed by atoms with Crippen LogP contribution in [-0.4, -0.2) is 30.6 Å². The van der Waals surface area contributed by atoms with Crippen molar-refractivity contribution in [2.75, 3.05) is 19.6 Å². The van der Waals surface area contributed by atoms with E-state index >= 15 is 0 Å². The molecular formula is C11H26N2. The van der Waals surface area contributed by atoms with Crippen molar-refractivity contribution in [2.24, 2.45) is 5.73 Å². The zero-order valence-corrected chi connectivity index (χ0v) is 9.55. The third kappa shape index (κ3) is 11.7. The molecule has 0 aromatic heterocycles. The molecule has 0 aromatic rings. The zero-order valence-electron chi connectivity index (χ0n) is 9.55. The van der Waals surface area contributed by atoms with Crippen LogP contribution in [0.3, 0.4) is 0 Å². The summed E-state index contributed by atoms with van der Waals surface area (Å²) in [5.74, 6) is 0. The van der Waals surface area contributed by atoms with Gasteiger partial charge in [-0.05, 0) is 39.4 Å². The molecule has 1 atom stereocenters. The number of hydrogen-bond acceptors (Lipinski definition) is 2. The first kappa shape index (κ1) is 15.1. The van der Waals surface area contributed by atoms with Crippen LogP contribution < -0.4 is 5.73 Å². The smallest absolute Gasteiger partial charge is 0.00109 e. The molecule has 0 spiro atoms. The number of hydrogen-bond donors (Lipinski definition) is 1. The molecule has 1 unspecified atom stereocenters. The average molecular weight is 186 g/mol. The van der Waals surface area contributed by atoms with E-state index in [4.69, 9.17) is 5.73 Å². The summed E-state index contributed by atoms with van der Waals surface area (Å²) in [5, 5.41) is 0. The Morgan fingerprint density at radius 3 is 2.00 bits per heavy atom. The molecule has 2 N–H and O–H groups in total. The first-order valence-electron chi connectivity index (χ1n) is 5.18. The van der Waals surface area contributed by atoms with E-state index in [1.165, 1.54) is 13.0 Å². The molecule has 0 radical (unpaired) electrons. The van der Waals surface area contributed by atoms with Gasteiger partial charge in [-0.15, -0.1) is 13.2 Å². The summed E-state index contributed by atoms with van der Waals surface area (Å²) in [6, 6.07) is 0.366. The van der Waals surface area contributed by atoms with Crippen LogP contribution >= 0.6 is 0 Å². The van der Waals surface area contributed by atoms with Crippen molar-refractivity contribution >= 4 is 0 Å². The molecule has 0 rings (SSSR count). The van der Waals surface area contributed by atoms with E-state index < -0.39 is 0 Å². The van der Waals surface area contributed by atoms with E-state index in [0.29, 0.717) is 6.04 Å². The molecule has 2 nitrogen and oxygen atoms in total. The van der Waals surface area contributed by atoms with Crippen LogP contribution in [-0.2, 0) is 0 Å². The van der Waals surface area contributed by atoms with Gasteiger partial charge in [0.15, 0.2) is 0 Å². The van der Waals surface area contributed by atoms with Crippen molar-refractivity contribution < 1.29 is 0 Å². The topological polar surface area (TPSA) is 29.3 Å². The highest BCUT2D eigenvalue weighted by molar-refractivity contribution is 4.57. The van der Waals surface area contributed by atoms with Crippen LogP contribution in [0.15, 0.2) is 13.2 Å². The van der Waals surface area contributed by atoms with E-state index in [-0.39, 0.29) is 0 Å². The van der Waals surface area contributed by atoms with Crippen LogP contribution in [0.1, 0.15) is 33.6 Å². The SMILES string of the molecule is C=C.CCN(CC)CCCC(C)N. The quantitative estimate of drug-likeness (QED) is 0.645. The maximum Gasteiger partial charge on any atom is 0.00109 e. The first-order valence-corrected chi connectivity index (χ1v) is 5.18. The molecule has 0 aromatic carbocycles. The summed E-state index contributed by atoms with van der Waals surface area (Å²) in [7, 11) is 0. The molecule has 0 heterocycles. The molecule has 80 valence electrons. The van der Waals surface area contributed by atoms with E-state index in [0.717, 1.165) is 19.5 Å². The van der Waals surface area contributed by atoms with Crippen molar-refractivity contribution in [1.82, 2.24) is 4.90 Å². The first-order chi connectivity index (χ1) is 6.20. The Hall–Kier alpha value is -0.340. The average Bonchev–Trinajstić information content (AvgIpc) is 2.15. The minimum atomic E-state index is 0.366. The van der Waals surface area contributed by atoms with Gasteiger partial charge >= 0.3 is 0 Å². The van der Waals surface area contributed by atoms with Gasteiger partial charge in [0.1, 0.15) is 0 Å². The Labute approximate surface area is 83.8 Å². The van der Waals surface area contributed by atoms with Crippen molar-refractivity contribution in [3.63, 3.8) is 0 Å². The van der Waals surface area contributed by atoms with Gasteiger partial charge in [0, 0.05) is 6.04 Å². The van der Waals surface area contributed by atoms with Crippen molar-refractivity contribution in [1.29, 1.82) is 0 Å². The van der Waals surface area contributed by atoms with Gasteiger partial charge in [0.25, 0.3) is 0 Å². The fourth-order valence-electron chi connectivity index (χ4n) is 1.18. The van der Waals surface area contributed by atoms with E-state index in [9.17, 15) is 0 Å². The van der Waals surface area contributed by atoms with Gasteiger partial charge in [-0.3, -0.25) is 0 Å².